The molecule has 1 amide bonds. The molecule has 0 aliphatic rings. The van der Waals surface area contributed by atoms with E-state index in [1.807, 2.05) is 26.0 Å². The Bertz CT molecular complexity index is 1100. The normalized spacial score (nSPS) is 11.0. The highest BCUT2D eigenvalue weighted by Gasteiger charge is 2.17. The number of aromatic amines is 1. The topological polar surface area (TPSA) is 121 Å². The van der Waals surface area contributed by atoms with E-state index < -0.39 is 10.0 Å². The molecule has 1 aromatic heterocycles. The van der Waals surface area contributed by atoms with Crippen molar-refractivity contribution in [1.29, 1.82) is 0 Å². The first kappa shape index (κ1) is 23.6. The van der Waals surface area contributed by atoms with E-state index in [0.717, 1.165) is 0 Å². The number of aromatic nitrogens is 2. The Balaban J connectivity index is 0.000000735. The molecule has 3 aromatic rings. The number of rotatable bonds is 5. The quantitative estimate of drug-likeness (QED) is 0.553. The van der Waals surface area contributed by atoms with Gasteiger partial charge in [0.05, 0.1) is 17.5 Å². The van der Waals surface area contributed by atoms with Crippen molar-refractivity contribution >= 4 is 33.2 Å². The Morgan fingerprint density at radius 2 is 1.87 bits per heavy atom. The van der Waals surface area contributed by atoms with Gasteiger partial charge in [0.1, 0.15) is 0 Å². The van der Waals surface area contributed by atoms with Gasteiger partial charge in [-0.25, -0.2) is 13.6 Å². The number of sulfonamides is 1. The third kappa shape index (κ3) is 6.96. The Kier molecular flexibility index (Phi) is 8.13. The lowest BCUT2D eigenvalue weighted by atomic mass is 10.1. The largest absolute Gasteiger partial charge is 0.326 e. The van der Waals surface area contributed by atoms with Crippen molar-refractivity contribution in [1.82, 2.24) is 15.1 Å². The van der Waals surface area contributed by atoms with Crippen molar-refractivity contribution in [2.24, 2.45) is 5.14 Å². The molecule has 8 nitrogen and oxygen atoms in total. The summed E-state index contributed by atoms with van der Waals surface area (Å²) >= 11 is 6.05. The number of primary sulfonamides is 1. The molecule has 0 aliphatic heterocycles. The molecule has 0 aliphatic carbocycles. The Labute approximate surface area is 181 Å². The summed E-state index contributed by atoms with van der Waals surface area (Å²) in [5.41, 5.74) is 1.96. The first-order valence-electron chi connectivity index (χ1n) is 8.88. The lowest BCUT2D eigenvalue weighted by Crippen LogP contribution is -2.17. The number of H-pyrrole nitrogens is 1. The van der Waals surface area contributed by atoms with Gasteiger partial charge >= 0.3 is 0 Å². The molecule has 2 aromatic carbocycles. The molecule has 3 rings (SSSR count). The number of benzene rings is 2. The van der Waals surface area contributed by atoms with E-state index >= 15 is 0 Å². The van der Waals surface area contributed by atoms with Crippen molar-refractivity contribution in [2.45, 2.75) is 11.3 Å². The summed E-state index contributed by atoms with van der Waals surface area (Å²) in [4.78, 5) is 14.1. The van der Waals surface area contributed by atoms with Crippen LogP contribution in [0.2, 0.25) is 5.02 Å². The Morgan fingerprint density at radius 3 is 2.43 bits per heavy atom. The van der Waals surface area contributed by atoms with Gasteiger partial charge in [-0.1, -0.05) is 35.9 Å². The van der Waals surface area contributed by atoms with E-state index in [9.17, 15) is 13.2 Å². The maximum atomic E-state index is 12.2. The first-order valence-corrected chi connectivity index (χ1v) is 10.8. The maximum Gasteiger partial charge on any atom is 0.238 e. The minimum Gasteiger partial charge on any atom is -0.326 e. The van der Waals surface area contributed by atoms with E-state index in [1.54, 1.807) is 42.6 Å². The molecule has 0 atom stereocenters. The van der Waals surface area contributed by atoms with Gasteiger partial charge in [-0.05, 0) is 44.9 Å². The highest BCUT2D eigenvalue weighted by molar-refractivity contribution is 7.89. The third-order valence-electron chi connectivity index (χ3n) is 3.69. The molecule has 160 valence electrons. The van der Waals surface area contributed by atoms with Gasteiger partial charge in [0.25, 0.3) is 0 Å². The highest BCUT2D eigenvalue weighted by Crippen LogP contribution is 2.28. The molecule has 4 N–H and O–H groups in total. The fourth-order valence-electron chi connectivity index (χ4n) is 2.49. The number of nitrogens with two attached hydrogens (primary N) is 1. The summed E-state index contributed by atoms with van der Waals surface area (Å²) < 4.78 is 23.9. The molecule has 30 heavy (non-hydrogen) atoms. The number of hydrogen-bond acceptors (Lipinski definition) is 5. The molecular weight excluding hydrogens is 426 g/mol. The van der Waals surface area contributed by atoms with Crippen LogP contribution in [0.3, 0.4) is 0 Å². The van der Waals surface area contributed by atoms with Crippen LogP contribution in [0.1, 0.15) is 5.56 Å². The molecule has 0 saturated carbocycles. The van der Waals surface area contributed by atoms with Crippen LogP contribution in [0.5, 0.6) is 0 Å². The van der Waals surface area contributed by atoms with Crippen LogP contribution in [0.4, 0.5) is 5.69 Å². The average Bonchev–Trinajstić information content (AvgIpc) is 3.17. The Hall–Kier alpha value is -2.72. The van der Waals surface area contributed by atoms with Gasteiger partial charge in [-0.15, -0.1) is 0 Å². The van der Waals surface area contributed by atoms with Crippen molar-refractivity contribution in [3.05, 3.63) is 65.4 Å². The predicted octanol–water partition coefficient (Wildman–Crippen LogP) is 2.74. The SMILES string of the molecule is CN(C)C.NS(=O)(=O)c1cc(NC(=O)Cc2ccccc2Cl)ccc1-c1cn[nH]c1. The molecule has 0 unspecified atom stereocenters. The summed E-state index contributed by atoms with van der Waals surface area (Å²) in [5.74, 6) is -0.325. The van der Waals surface area contributed by atoms with Gasteiger partial charge in [-0.2, -0.15) is 5.10 Å². The lowest BCUT2D eigenvalue weighted by molar-refractivity contribution is -0.115. The van der Waals surface area contributed by atoms with Crippen LogP contribution in [0.15, 0.2) is 59.8 Å². The van der Waals surface area contributed by atoms with Gasteiger partial charge < -0.3 is 10.2 Å². The van der Waals surface area contributed by atoms with Crippen LogP contribution >= 0.6 is 11.6 Å². The number of nitrogens with zero attached hydrogens (tertiary/aromatic N) is 2. The van der Waals surface area contributed by atoms with Crippen molar-refractivity contribution < 1.29 is 13.2 Å². The summed E-state index contributed by atoms with van der Waals surface area (Å²) in [6.45, 7) is 0. The predicted molar refractivity (Wildman–Crippen MR) is 119 cm³/mol. The van der Waals surface area contributed by atoms with E-state index in [0.29, 0.717) is 27.4 Å². The highest BCUT2D eigenvalue weighted by atomic mass is 35.5. The van der Waals surface area contributed by atoms with Crippen LogP contribution < -0.4 is 10.5 Å². The van der Waals surface area contributed by atoms with Crippen molar-refractivity contribution in [3.8, 4) is 11.1 Å². The third-order valence-corrected chi connectivity index (χ3v) is 5.01. The fraction of sp³-hybridized carbons (Fsp3) is 0.200. The molecule has 0 spiro atoms. The standard InChI is InChI=1S/C17H15ClN4O3S.C3H9N/c18-15-4-2-1-3-11(15)7-17(23)22-13-5-6-14(12-9-20-21-10-12)16(8-13)26(19,24)25;1-4(2)3/h1-6,8-10H,7H2,(H,20,21)(H,22,23)(H2,19,24,25);1-3H3. The Morgan fingerprint density at radius 1 is 1.20 bits per heavy atom. The fourth-order valence-corrected chi connectivity index (χ4v) is 3.48. The molecule has 0 saturated heterocycles. The number of nitrogens with one attached hydrogen (secondary N) is 2. The molecular formula is C20H24ClN5O3S. The monoisotopic (exact) mass is 449 g/mol. The van der Waals surface area contributed by atoms with E-state index in [2.05, 4.69) is 15.5 Å². The maximum absolute atomic E-state index is 12.2. The second-order valence-corrected chi connectivity index (χ2v) is 8.84. The number of anilines is 1. The average molecular weight is 450 g/mol. The van der Waals surface area contributed by atoms with Crippen molar-refractivity contribution in [2.75, 3.05) is 26.5 Å². The smallest absolute Gasteiger partial charge is 0.238 e. The van der Waals surface area contributed by atoms with E-state index in [-0.39, 0.29) is 17.2 Å². The number of carbonyl (C=O) groups excluding carboxylic acids is 1. The number of amides is 1. The zero-order valence-corrected chi connectivity index (χ0v) is 18.5. The molecule has 0 fully saturated rings. The lowest BCUT2D eigenvalue weighted by Gasteiger charge is -2.11. The van der Waals surface area contributed by atoms with Crippen LogP contribution in [0.25, 0.3) is 11.1 Å². The van der Waals surface area contributed by atoms with Crippen molar-refractivity contribution in [3.63, 3.8) is 0 Å². The molecule has 0 radical (unpaired) electrons. The second-order valence-electron chi connectivity index (χ2n) is 6.90. The van der Waals surface area contributed by atoms with Crippen LogP contribution in [0, 0.1) is 0 Å². The number of halogens is 1. The molecule has 10 heteroatoms. The molecule has 1 heterocycles. The van der Waals surface area contributed by atoms with Gasteiger partial charge in [0.2, 0.25) is 15.9 Å². The van der Waals surface area contributed by atoms with Gasteiger partial charge in [0.15, 0.2) is 0 Å². The minimum atomic E-state index is -4.00. The van der Waals surface area contributed by atoms with Gasteiger partial charge in [0, 0.05) is 28.0 Å². The zero-order chi connectivity index (χ0) is 22.3. The van der Waals surface area contributed by atoms with E-state index in [1.165, 1.54) is 12.3 Å². The van der Waals surface area contributed by atoms with Crippen LogP contribution in [-0.2, 0) is 21.2 Å². The number of hydrogen-bond donors (Lipinski definition) is 3. The summed E-state index contributed by atoms with van der Waals surface area (Å²) in [7, 11) is 2.00. The summed E-state index contributed by atoms with van der Waals surface area (Å²) in [6, 6.07) is 11.5. The van der Waals surface area contributed by atoms with E-state index in [4.69, 9.17) is 16.7 Å². The zero-order valence-electron chi connectivity index (χ0n) is 16.9. The minimum absolute atomic E-state index is 0.0634. The summed E-state index contributed by atoms with van der Waals surface area (Å²) in [6.07, 6.45) is 3.10. The second kappa shape index (κ2) is 10.4. The first-order chi connectivity index (χ1) is 14.1. The van der Waals surface area contributed by atoms with Crippen LogP contribution in [-0.4, -0.2) is 50.6 Å². The van der Waals surface area contributed by atoms with Gasteiger partial charge in [-0.3, -0.25) is 9.89 Å². The number of carbonyl (C=O) groups is 1. The summed E-state index contributed by atoms with van der Waals surface area (Å²) in [5, 5.41) is 14.9. The molecule has 0 bridgehead atoms.